The lowest BCUT2D eigenvalue weighted by Crippen LogP contribution is -2.02. The van der Waals surface area contributed by atoms with Crippen molar-refractivity contribution in [2.45, 2.75) is 0 Å². The molecular weight excluding hydrogens is 874 g/mol. The van der Waals surface area contributed by atoms with E-state index in [2.05, 4.69) is 30.9 Å². The first kappa shape index (κ1) is 39.1. The zero-order chi connectivity index (χ0) is 38.5. The predicted octanol–water partition coefficient (Wildman–Crippen LogP) is 12.7. The Balaban J connectivity index is 0.000000189. The summed E-state index contributed by atoms with van der Waals surface area (Å²) in [7, 11) is 1.35. The maximum absolute atomic E-state index is 11.9. The number of thiazole rings is 2. The number of nitrogens with zero attached hydrogens (tertiary/aromatic N) is 4. The van der Waals surface area contributed by atoms with E-state index in [0.29, 0.717) is 52.0 Å². The van der Waals surface area contributed by atoms with Gasteiger partial charge in [0, 0.05) is 43.1 Å². The summed E-state index contributed by atoms with van der Waals surface area (Å²) in [6.07, 6.45) is 0. The lowest BCUT2D eigenvalue weighted by Gasteiger charge is -2.08. The zero-order valence-corrected chi connectivity index (χ0v) is 33.7. The Morgan fingerprint density at radius 1 is 0.685 bits per heavy atom. The van der Waals surface area contributed by atoms with E-state index in [-0.39, 0.29) is 11.3 Å². The van der Waals surface area contributed by atoms with Crippen molar-refractivity contribution < 1.29 is 19.4 Å². The van der Waals surface area contributed by atoms with Crippen LogP contribution in [0.2, 0.25) is 20.1 Å². The highest BCUT2D eigenvalue weighted by Gasteiger charge is 2.18. The molecule has 0 spiro atoms. The summed E-state index contributed by atoms with van der Waals surface area (Å²) in [5.74, 6) is -1.48. The monoisotopic (exact) mass is 892 g/mol. The SMILES string of the molecule is COC(=O)c1cc(-c2nc(-c3ccc(Cl)c(Cl)c3)cs2)ccc1Br.N#Cc1cccc(-c2ccc(-c3nc(-c4ccc(Cl)c(Cl)c4)cs3)cc2C(=O)O)n1. The number of carboxylic acid groups (broad SMARTS) is 1. The maximum Gasteiger partial charge on any atom is 0.339 e. The van der Waals surface area contributed by atoms with Crippen LogP contribution in [-0.2, 0) is 4.74 Å². The molecule has 8 nitrogen and oxygen atoms in total. The molecule has 54 heavy (non-hydrogen) atoms. The van der Waals surface area contributed by atoms with Gasteiger partial charge in [-0.25, -0.2) is 24.5 Å². The molecule has 0 saturated heterocycles. The van der Waals surface area contributed by atoms with Gasteiger partial charge in [0.2, 0.25) is 0 Å². The lowest BCUT2D eigenvalue weighted by atomic mass is 10.0. The summed E-state index contributed by atoms with van der Waals surface area (Å²) in [4.78, 5) is 37.2. The van der Waals surface area contributed by atoms with Gasteiger partial charge in [0.25, 0.3) is 0 Å². The number of ether oxygens (including phenoxy) is 1. The summed E-state index contributed by atoms with van der Waals surface area (Å²) in [5.41, 5.74) is 6.37. The van der Waals surface area contributed by atoms with E-state index >= 15 is 0 Å². The van der Waals surface area contributed by atoms with E-state index in [0.717, 1.165) is 33.1 Å². The fourth-order valence-corrected chi connectivity index (χ4v) is 7.69. The fraction of sp³-hybridized carbons (Fsp3) is 0.0256. The van der Waals surface area contributed by atoms with E-state index in [1.54, 1.807) is 66.7 Å². The second kappa shape index (κ2) is 17.2. The Hall–Kier alpha value is -4.64. The molecule has 0 aliphatic heterocycles. The molecule has 0 atom stereocenters. The van der Waals surface area contributed by atoms with Crippen LogP contribution in [0.15, 0.2) is 106 Å². The highest BCUT2D eigenvalue weighted by atomic mass is 79.9. The molecule has 4 aromatic carbocycles. The number of benzene rings is 4. The summed E-state index contributed by atoms with van der Waals surface area (Å²) in [6.45, 7) is 0. The molecule has 0 aliphatic carbocycles. The van der Waals surface area contributed by atoms with E-state index in [4.69, 9.17) is 56.4 Å². The third-order valence-corrected chi connectivity index (χ3v) is 11.6. The standard InChI is InChI=1S/C22H11Cl2N3O2S.C17H10BrCl2NO2S/c23-17-7-5-12(9-18(17)24)20-11-30-21(27-20)13-4-6-15(16(8-13)22(28)29)19-3-1-2-14(10-25)26-19;1-23-17(22)11-6-10(2-4-12(11)18)16-21-15(8-24-16)9-3-5-13(19)14(20)7-9/h1-9,11H,(H,28,29);2-8H,1H3. The molecule has 7 aromatic rings. The number of pyridine rings is 1. The molecule has 268 valence electrons. The number of carbonyl (C=O) groups excluding carboxylic acids is 1. The lowest BCUT2D eigenvalue weighted by molar-refractivity contribution is 0.0598. The number of carboxylic acids is 1. The minimum Gasteiger partial charge on any atom is -0.478 e. The number of esters is 1. The van der Waals surface area contributed by atoms with Gasteiger partial charge in [-0.05, 0) is 70.5 Å². The van der Waals surface area contributed by atoms with Gasteiger partial charge in [0.05, 0.1) is 55.4 Å². The Labute approximate surface area is 345 Å². The normalized spacial score (nSPS) is 10.6. The largest absolute Gasteiger partial charge is 0.478 e. The van der Waals surface area contributed by atoms with Crippen LogP contribution >= 0.6 is 85.0 Å². The first-order valence-electron chi connectivity index (χ1n) is 15.4. The zero-order valence-electron chi connectivity index (χ0n) is 27.5. The van der Waals surface area contributed by atoms with Gasteiger partial charge in [-0.2, -0.15) is 5.26 Å². The van der Waals surface area contributed by atoms with Crippen LogP contribution in [0.4, 0.5) is 0 Å². The highest BCUT2D eigenvalue weighted by Crippen LogP contribution is 2.36. The molecule has 3 aromatic heterocycles. The minimum absolute atomic E-state index is 0.0846. The summed E-state index contributed by atoms with van der Waals surface area (Å²) < 4.78 is 5.47. The van der Waals surface area contributed by atoms with E-state index in [1.807, 2.05) is 41.1 Å². The van der Waals surface area contributed by atoms with E-state index < -0.39 is 11.9 Å². The van der Waals surface area contributed by atoms with Gasteiger partial charge in [-0.1, -0.05) is 82.8 Å². The van der Waals surface area contributed by atoms with Crippen LogP contribution < -0.4 is 0 Å². The summed E-state index contributed by atoms with van der Waals surface area (Å²) in [6, 6.07) is 28.0. The number of hydrogen-bond acceptors (Lipinski definition) is 9. The van der Waals surface area contributed by atoms with Crippen molar-refractivity contribution in [3.8, 4) is 61.0 Å². The number of aromatic nitrogens is 3. The average Bonchev–Trinajstić information content (AvgIpc) is 3.89. The van der Waals surface area contributed by atoms with Crippen LogP contribution in [0, 0.1) is 11.3 Å². The van der Waals surface area contributed by atoms with Crippen LogP contribution in [0.1, 0.15) is 26.4 Å². The Bertz CT molecular complexity index is 2610. The molecule has 0 unspecified atom stereocenters. The van der Waals surface area contributed by atoms with Gasteiger partial charge >= 0.3 is 11.9 Å². The van der Waals surface area contributed by atoms with Crippen LogP contribution in [0.25, 0.3) is 54.9 Å². The molecule has 0 fully saturated rings. The number of rotatable bonds is 7. The van der Waals surface area contributed by atoms with Crippen LogP contribution in [0.3, 0.4) is 0 Å². The first-order valence-corrected chi connectivity index (χ1v) is 19.5. The van der Waals surface area contributed by atoms with Gasteiger partial charge in [-0.15, -0.1) is 22.7 Å². The molecule has 7 rings (SSSR count). The first-order chi connectivity index (χ1) is 25.9. The van der Waals surface area contributed by atoms with Gasteiger partial charge in [0.1, 0.15) is 21.8 Å². The Morgan fingerprint density at radius 3 is 1.74 bits per heavy atom. The van der Waals surface area contributed by atoms with E-state index in [9.17, 15) is 14.7 Å². The maximum atomic E-state index is 11.9. The smallest absolute Gasteiger partial charge is 0.339 e. The molecular formula is C39H21BrCl4N4O4S2. The summed E-state index contributed by atoms with van der Waals surface area (Å²) in [5, 5.41) is 26.0. The van der Waals surface area contributed by atoms with Crippen molar-refractivity contribution in [2.24, 2.45) is 0 Å². The Kier molecular flexibility index (Phi) is 12.5. The average molecular weight is 895 g/mol. The number of aromatic carboxylic acids is 1. The molecule has 1 N–H and O–H groups in total. The number of methoxy groups -OCH3 is 1. The molecule has 15 heteroatoms. The number of carbonyl (C=O) groups is 2. The van der Waals surface area contributed by atoms with Crippen LogP contribution in [0.5, 0.6) is 0 Å². The molecule has 0 radical (unpaired) electrons. The number of nitriles is 1. The second-order valence-electron chi connectivity index (χ2n) is 11.1. The van der Waals surface area contributed by atoms with Gasteiger partial charge in [0.15, 0.2) is 0 Å². The topological polar surface area (TPSA) is 126 Å². The van der Waals surface area contributed by atoms with Crippen molar-refractivity contribution in [2.75, 3.05) is 7.11 Å². The molecule has 3 heterocycles. The molecule has 0 bridgehead atoms. The van der Waals surface area contributed by atoms with E-state index in [1.165, 1.54) is 29.8 Å². The quantitative estimate of drug-likeness (QED) is 0.157. The second-order valence-corrected chi connectivity index (χ2v) is 15.3. The van der Waals surface area contributed by atoms with Crippen LogP contribution in [-0.4, -0.2) is 39.1 Å². The predicted molar refractivity (Wildman–Crippen MR) is 220 cm³/mol. The molecule has 0 amide bonds. The van der Waals surface area contributed by atoms with Crippen molar-refractivity contribution >= 4 is 96.9 Å². The molecule has 0 aliphatic rings. The van der Waals surface area contributed by atoms with Gasteiger partial charge in [-0.3, -0.25) is 0 Å². The van der Waals surface area contributed by atoms with Crippen molar-refractivity contribution in [1.82, 2.24) is 15.0 Å². The molecule has 0 saturated carbocycles. The highest BCUT2D eigenvalue weighted by molar-refractivity contribution is 9.10. The summed E-state index contributed by atoms with van der Waals surface area (Å²) >= 11 is 30.3. The number of halogens is 5. The van der Waals surface area contributed by atoms with Crippen molar-refractivity contribution in [3.63, 3.8) is 0 Å². The van der Waals surface area contributed by atoms with Crippen molar-refractivity contribution in [1.29, 1.82) is 5.26 Å². The van der Waals surface area contributed by atoms with Crippen molar-refractivity contribution in [3.05, 3.63) is 143 Å². The van der Waals surface area contributed by atoms with Gasteiger partial charge < -0.3 is 9.84 Å². The minimum atomic E-state index is -1.09. The number of hydrogen-bond donors (Lipinski definition) is 1. The fourth-order valence-electron chi connectivity index (χ4n) is 5.04. The Morgan fingerprint density at radius 2 is 1.22 bits per heavy atom. The third kappa shape index (κ3) is 8.83. The third-order valence-electron chi connectivity index (χ3n) is 7.69.